The number of hydrogen-bond acceptors (Lipinski definition) is 6. The maximum Gasteiger partial charge on any atom is 0.169 e. The molecule has 6 nitrogen and oxygen atoms in total. The van der Waals surface area contributed by atoms with Gasteiger partial charge in [0.05, 0.1) is 31.6 Å². The van der Waals surface area contributed by atoms with E-state index in [-0.39, 0.29) is 35.5 Å². The fourth-order valence-electron chi connectivity index (χ4n) is 5.21. The van der Waals surface area contributed by atoms with Crippen molar-refractivity contribution in [3.63, 3.8) is 0 Å². The number of rotatable bonds is 10. The standard InChI is InChI=1S/C32H33Cl2N3O3/c1-3-27-21(2)30(38-19-22-10-6-4-7-11-22)32(39-20-23-12-8-5-9-13-23)31(40-27)24-14-15-26(33)25(16-24)17-29-35-18-28(34)36-37-29/h4-16,18,21,27,30-32H,3,17,19-20H2,1-2H3/t21-,27-,30+,31+,32-/m1/s1. The van der Waals surface area contributed by atoms with Crippen molar-refractivity contribution >= 4 is 23.2 Å². The summed E-state index contributed by atoms with van der Waals surface area (Å²) in [5.74, 6) is 0.667. The minimum absolute atomic E-state index is 0.00488. The average Bonchev–Trinajstić information content (AvgIpc) is 2.99. The zero-order valence-corrected chi connectivity index (χ0v) is 24.1. The van der Waals surface area contributed by atoms with E-state index in [4.69, 9.17) is 37.4 Å². The molecule has 40 heavy (non-hydrogen) atoms. The van der Waals surface area contributed by atoms with E-state index >= 15 is 0 Å². The van der Waals surface area contributed by atoms with Gasteiger partial charge in [0.15, 0.2) is 11.0 Å². The van der Waals surface area contributed by atoms with Crippen molar-refractivity contribution in [1.29, 1.82) is 0 Å². The lowest BCUT2D eigenvalue weighted by atomic mass is 9.84. The Kier molecular flexibility index (Phi) is 9.79. The van der Waals surface area contributed by atoms with Gasteiger partial charge >= 0.3 is 0 Å². The van der Waals surface area contributed by atoms with Crippen molar-refractivity contribution in [3.8, 4) is 0 Å². The Morgan fingerprint density at radius 2 is 1.48 bits per heavy atom. The second-order valence-corrected chi connectivity index (χ2v) is 10.9. The molecule has 4 aromatic rings. The van der Waals surface area contributed by atoms with Crippen LogP contribution in [0.3, 0.4) is 0 Å². The molecule has 0 bridgehead atoms. The molecule has 0 aliphatic carbocycles. The largest absolute Gasteiger partial charge is 0.370 e. The lowest BCUT2D eigenvalue weighted by Crippen LogP contribution is -2.51. The summed E-state index contributed by atoms with van der Waals surface area (Å²) in [6.07, 6.45) is 1.89. The lowest BCUT2D eigenvalue weighted by molar-refractivity contribution is -0.234. The number of ether oxygens (including phenoxy) is 3. The summed E-state index contributed by atoms with van der Waals surface area (Å²) < 4.78 is 20.1. The summed E-state index contributed by atoms with van der Waals surface area (Å²) in [6, 6.07) is 26.4. The highest BCUT2D eigenvalue weighted by Gasteiger charge is 2.45. The van der Waals surface area contributed by atoms with E-state index in [1.54, 1.807) is 0 Å². The molecule has 8 heteroatoms. The molecular weight excluding hydrogens is 545 g/mol. The molecule has 208 valence electrons. The Morgan fingerprint density at radius 3 is 2.08 bits per heavy atom. The second-order valence-electron chi connectivity index (χ2n) is 10.1. The van der Waals surface area contributed by atoms with Crippen molar-refractivity contribution in [3.05, 3.63) is 123 Å². The second kappa shape index (κ2) is 13.7. The van der Waals surface area contributed by atoms with Gasteiger partial charge in [0, 0.05) is 17.4 Å². The Labute approximate surface area is 245 Å². The van der Waals surface area contributed by atoms with E-state index in [0.29, 0.717) is 30.5 Å². The first-order chi connectivity index (χ1) is 19.5. The van der Waals surface area contributed by atoms with E-state index in [2.05, 4.69) is 59.4 Å². The van der Waals surface area contributed by atoms with Crippen LogP contribution >= 0.6 is 23.2 Å². The van der Waals surface area contributed by atoms with Crippen molar-refractivity contribution in [1.82, 2.24) is 15.2 Å². The van der Waals surface area contributed by atoms with E-state index in [9.17, 15) is 0 Å². The Balaban J connectivity index is 1.46. The van der Waals surface area contributed by atoms with Crippen molar-refractivity contribution in [2.75, 3.05) is 0 Å². The summed E-state index contributed by atoms with van der Waals surface area (Å²) in [4.78, 5) is 4.30. The quantitative estimate of drug-likeness (QED) is 0.195. The predicted octanol–water partition coefficient (Wildman–Crippen LogP) is 7.43. The number of nitrogens with zero attached hydrogens (tertiary/aromatic N) is 3. The summed E-state index contributed by atoms with van der Waals surface area (Å²) in [6.45, 7) is 5.29. The molecule has 1 aromatic heterocycles. The topological polar surface area (TPSA) is 66.4 Å². The van der Waals surface area contributed by atoms with E-state index < -0.39 is 0 Å². The molecule has 0 N–H and O–H groups in total. The van der Waals surface area contributed by atoms with Gasteiger partial charge in [0.2, 0.25) is 0 Å². The predicted molar refractivity (Wildman–Crippen MR) is 156 cm³/mol. The molecular formula is C32H33Cl2N3O3. The van der Waals surface area contributed by atoms with E-state index in [1.165, 1.54) is 6.20 Å². The Bertz CT molecular complexity index is 1360. The molecule has 0 radical (unpaired) electrons. The molecule has 3 aromatic carbocycles. The van der Waals surface area contributed by atoms with Crippen LogP contribution in [-0.2, 0) is 33.8 Å². The van der Waals surface area contributed by atoms with Crippen LogP contribution in [0, 0.1) is 5.92 Å². The molecule has 1 aliphatic heterocycles. The molecule has 1 fully saturated rings. The van der Waals surface area contributed by atoms with Gasteiger partial charge in [-0.15, -0.1) is 10.2 Å². The summed E-state index contributed by atoms with van der Waals surface area (Å²) in [5.41, 5.74) is 4.07. The molecule has 5 atom stereocenters. The average molecular weight is 579 g/mol. The van der Waals surface area contributed by atoms with Crippen LogP contribution in [0.1, 0.15) is 54.5 Å². The first-order valence-electron chi connectivity index (χ1n) is 13.6. The van der Waals surface area contributed by atoms with Gasteiger partial charge in [0.1, 0.15) is 12.2 Å². The Morgan fingerprint density at radius 1 is 0.825 bits per heavy atom. The molecule has 5 rings (SSSR count). The van der Waals surface area contributed by atoms with Gasteiger partial charge in [-0.2, -0.15) is 0 Å². The third-order valence-corrected chi connectivity index (χ3v) is 7.89. The minimum Gasteiger partial charge on any atom is -0.370 e. The zero-order chi connectivity index (χ0) is 27.9. The van der Waals surface area contributed by atoms with Crippen molar-refractivity contribution in [2.45, 2.75) is 64.3 Å². The lowest BCUT2D eigenvalue weighted by Gasteiger charge is -2.46. The smallest absolute Gasteiger partial charge is 0.169 e. The maximum absolute atomic E-state index is 6.77. The SMILES string of the molecule is CC[C@H]1O[C@@H](c2ccc(Cl)c(Cc3ncc(Cl)nn3)c2)[C@H](OCc2ccccc2)[C@@H](OCc2ccccc2)[C@@H]1C. The van der Waals surface area contributed by atoms with Gasteiger partial charge < -0.3 is 14.2 Å². The molecule has 2 heterocycles. The third-order valence-electron chi connectivity index (χ3n) is 7.35. The van der Waals surface area contributed by atoms with Crippen LogP contribution in [0.2, 0.25) is 10.2 Å². The molecule has 1 saturated heterocycles. The van der Waals surface area contributed by atoms with Crippen LogP contribution in [0.5, 0.6) is 0 Å². The van der Waals surface area contributed by atoms with Gasteiger partial charge in [0.25, 0.3) is 0 Å². The fourth-order valence-corrected chi connectivity index (χ4v) is 5.49. The summed E-state index contributed by atoms with van der Waals surface area (Å²) in [5, 5.41) is 8.89. The van der Waals surface area contributed by atoms with Gasteiger partial charge in [-0.1, -0.05) is 110 Å². The molecule has 1 aliphatic rings. The van der Waals surface area contributed by atoms with Crippen molar-refractivity contribution in [2.24, 2.45) is 5.92 Å². The van der Waals surface area contributed by atoms with Crippen LogP contribution in [-0.4, -0.2) is 33.5 Å². The van der Waals surface area contributed by atoms with Crippen LogP contribution in [0.25, 0.3) is 0 Å². The Hall–Kier alpha value is -2.87. The van der Waals surface area contributed by atoms with Crippen LogP contribution < -0.4 is 0 Å². The first-order valence-corrected chi connectivity index (χ1v) is 14.4. The van der Waals surface area contributed by atoms with Gasteiger partial charge in [-0.25, -0.2) is 4.98 Å². The monoisotopic (exact) mass is 577 g/mol. The third kappa shape index (κ3) is 7.06. The van der Waals surface area contributed by atoms with Crippen LogP contribution in [0.15, 0.2) is 85.1 Å². The summed E-state index contributed by atoms with van der Waals surface area (Å²) in [7, 11) is 0. The van der Waals surface area contributed by atoms with Gasteiger partial charge in [-0.05, 0) is 34.7 Å². The molecule has 0 unspecified atom stereocenters. The highest BCUT2D eigenvalue weighted by Crippen LogP contribution is 2.41. The number of hydrogen-bond donors (Lipinski definition) is 0. The minimum atomic E-state index is -0.356. The van der Waals surface area contributed by atoms with Crippen molar-refractivity contribution < 1.29 is 14.2 Å². The van der Waals surface area contributed by atoms with E-state index in [1.807, 2.05) is 48.5 Å². The molecule has 0 saturated carbocycles. The zero-order valence-electron chi connectivity index (χ0n) is 22.6. The highest BCUT2D eigenvalue weighted by molar-refractivity contribution is 6.31. The maximum atomic E-state index is 6.77. The fraction of sp³-hybridized carbons (Fsp3) is 0.344. The molecule has 0 amide bonds. The first kappa shape index (κ1) is 28.7. The number of aromatic nitrogens is 3. The molecule has 0 spiro atoms. The normalized spacial score (nSPS) is 22.8. The van der Waals surface area contributed by atoms with Crippen LogP contribution in [0.4, 0.5) is 0 Å². The van der Waals surface area contributed by atoms with E-state index in [0.717, 1.165) is 28.7 Å². The van der Waals surface area contributed by atoms with Gasteiger partial charge in [-0.3, -0.25) is 0 Å². The number of halogens is 2. The highest BCUT2D eigenvalue weighted by atomic mass is 35.5. The summed E-state index contributed by atoms with van der Waals surface area (Å²) >= 11 is 12.5. The number of benzene rings is 3.